The van der Waals surface area contributed by atoms with Crippen molar-refractivity contribution < 1.29 is 14.5 Å². The lowest BCUT2D eigenvalue weighted by molar-refractivity contribution is -0.900. The highest BCUT2D eigenvalue weighted by atomic mass is 16.2. The highest BCUT2D eigenvalue weighted by Crippen LogP contribution is 2.42. The lowest BCUT2D eigenvalue weighted by Crippen LogP contribution is -3.12. The summed E-state index contributed by atoms with van der Waals surface area (Å²) in [6.07, 6.45) is 6.48. The van der Waals surface area contributed by atoms with Crippen molar-refractivity contribution in [2.24, 2.45) is 0 Å². The number of carbonyl (C=O) groups is 2. The molecular weight excluding hydrogens is 412 g/mol. The number of para-hydroxylation sites is 1. The Morgan fingerprint density at radius 3 is 2.39 bits per heavy atom. The molecule has 2 aliphatic heterocycles. The van der Waals surface area contributed by atoms with Crippen LogP contribution in [0.1, 0.15) is 71.1 Å². The van der Waals surface area contributed by atoms with Crippen molar-refractivity contribution >= 4 is 22.7 Å². The maximum absolute atomic E-state index is 13.6. The van der Waals surface area contributed by atoms with Gasteiger partial charge in [-0.15, -0.1) is 0 Å². The Hall–Kier alpha value is -2.34. The van der Waals surface area contributed by atoms with Gasteiger partial charge in [0.15, 0.2) is 0 Å². The Morgan fingerprint density at radius 1 is 1.03 bits per heavy atom. The molecule has 0 aliphatic carbocycles. The van der Waals surface area contributed by atoms with E-state index in [2.05, 4.69) is 44.8 Å². The molecule has 1 saturated heterocycles. The highest BCUT2D eigenvalue weighted by Gasteiger charge is 2.51. The molecule has 2 amide bonds. The van der Waals surface area contributed by atoms with Crippen LogP contribution in [0.15, 0.2) is 24.3 Å². The van der Waals surface area contributed by atoms with Gasteiger partial charge in [-0.3, -0.25) is 9.59 Å². The van der Waals surface area contributed by atoms with E-state index in [0.717, 1.165) is 24.2 Å². The molecule has 2 aromatic rings. The predicted octanol–water partition coefficient (Wildman–Crippen LogP) is 2.87. The maximum atomic E-state index is 13.6. The number of rotatable bonds is 10. The summed E-state index contributed by atoms with van der Waals surface area (Å²) in [5.41, 5.74) is 2.81. The van der Waals surface area contributed by atoms with E-state index in [1.165, 1.54) is 49.7 Å². The van der Waals surface area contributed by atoms with Gasteiger partial charge in [0.1, 0.15) is 6.04 Å². The van der Waals surface area contributed by atoms with Gasteiger partial charge >= 0.3 is 0 Å². The van der Waals surface area contributed by atoms with Gasteiger partial charge in [0.05, 0.1) is 31.7 Å². The molecule has 180 valence electrons. The zero-order valence-electron chi connectivity index (χ0n) is 20.9. The van der Waals surface area contributed by atoms with Crippen LogP contribution >= 0.6 is 0 Å². The van der Waals surface area contributed by atoms with E-state index in [9.17, 15) is 9.59 Å². The van der Waals surface area contributed by atoms with Crippen molar-refractivity contribution in [1.82, 2.24) is 14.8 Å². The fourth-order valence-electron chi connectivity index (χ4n) is 5.88. The number of H-pyrrole nitrogens is 1. The summed E-state index contributed by atoms with van der Waals surface area (Å²) in [7, 11) is 0. The number of hydrogen-bond acceptors (Lipinski definition) is 2. The molecule has 0 radical (unpaired) electrons. The molecule has 33 heavy (non-hydrogen) atoms. The van der Waals surface area contributed by atoms with E-state index in [-0.39, 0.29) is 18.4 Å². The minimum Gasteiger partial charge on any atom is -0.356 e. The lowest BCUT2D eigenvalue weighted by atomic mass is 9.82. The molecule has 0 bridgehead atoms. The SMILES string of the molecule is CCCC[NH+](CCCC)CCCN1CC(=O)N2[C@@H](Cc3c([nH]c4ccccc34)C2(C)C)C1=O. The van der Waals surface area contributed by atoms with Crippen LogP contribution in [-0.2, 0) is 21.5 Å². The van der Waals surface area contributed by atoms with Crippen LogP contribution < -0.4 is 4.90 Å². The number of piperazine rings is 1. The third kappa shape index (κ3) is 4.54. The Labute approximate surface area is 198 Å². The molecule has 0 saturated carbocycles. The number of amides is 2. The van der Waals surface area contributed by atoms with Gasteiger partial charge in [-0.1, -0.05) is 44.9 Å². The minimum atomic E-state index is -0.530. The third-order valence-corrected chi connectivity index (χ3v) is 7.65. The molecule has 0 spiro atoms. The van der Waals surface area contributed by atoms with Crippen LogP contribution in [0, 0.1) is 0 Å². The van der Waals surface area contributed by atoms with Gasteiger partial charge in [0, 0.05) is 36.0 Å². The molecule has 1 atom stereocenters. The van der Waals surface area contributed by atoms with Gasteiger partial charge in [0.25, 0.3) is 0 Å². The normalized spacial score (nSPS) is 20.0. The van der Waals surface area contributed by atoms with Crippen molar-refractivity contribution in [3.63, 3.8) is 0 Å². The molecular formula is C27H41N4O2+. The number of nitrogens with zero attached hydrogens (tertiary/aromatic N) is 2. The number of benzene rings is 1. The molecule has 1 aromatic carbocycles. The summed E-state index contributed by atoms with van der Waals surface area (Å²) in [6, 6.07) is 7.85. The Bertz CT molecular complexity index is 987. The quantitative estimate of drug-likeness (QED) is 0.581. The third-order valence-electron chi connectivity index (χ3n) is 7.65. The maximum Gasteiger partial charge on any atom is 0.246 e. The van der Waals surface area contributed by atoms with E-state index < -0.39 is 11.6 Å². The van der Waals surface area contributed by atoms with E-state index in [1.54, 1.807) is 4.90 Å². The topological polar surface area (TPSA) is 60.9 Å². The number of quaternary nitrogens is 1. The van der Waals surface area contributed by atoms with Crippen LogP contribution in [0.3, 0.4) is 0 Å². The monoisotopic (exact) mass is 453 g/mol. The summed E-state index contributed by atoms with van der Waals surface area (Å²) in [5.74, 6) is 0.178. The van der Waals surface area contributed by atoms with Crippen molar-refractivity contribution in [2.75, 3.05) is 32.7 Å². The fourth-order valence-corrected chi connectivity index (χ4v) is 5.88. The van der Waals surface area contributed by atoms with E-state index in [4.69, 9.17) is 0 Å². The van der Waals surface area contributed by atoms with Crippen LogP contribution in [0.5, 0.6) is 0 Å². The second kappa shape index (κ2) is 9.88. The number of carbonyl (C=O) groups excluding carboxylic acids is 2. The zero-order chi connectivity index (χ0) is 23.6. The smallest absolute Gasteiger partial charge is 0.246 e. The van der Waals surface area contributed by atoms with Crippen molar-refractivity contribution in [3.05, 3.63) is 35.5 Å². The summed E-state index contributed by atoms with van der Waals surface area (Å²) in [4.78, 5) is 35.8. The summed E-state index contributed by atoms with van der Waals surface area (Å²) >= 11 is 0. The molecule has 6 nitrogen and oxygen atoms in total. The number of aromatic amines is 1. The van der Waals surface area contributed by atoms with E-state index >= 15 is 0 Å². The number of unbranched alkanes of at least 4 members (excludes halogenated alkanes) is 2. The van der Waals surface area contributed by atoms with Crippen molar-refractivity contribution in [1.29, 1.82) is 0 Å². The fraction of sp³-hybridized carbons (Fsp3) is 0.630. The van der Waals surface area contributed by atoms with Crippen molar-refractivity contribution in [3.8, 4) is 0 Å². The van der Waals surface area contributed by atoms with Crippen LogP contribution in [0.2, 0.25) is 0 Å². The molecule has 3 heterocycles. The van der Waals surface area contributed by atoms with Gasteiger partial charge in [-0.05, 0) is 38.3 Å². The molecule has 2 aliphatic rings. The number of aromatic nitrogens is 1. The first-order chi connectivity index (χ1) is 15.9. The number of hydrogen-bond donors (Lipinski definition) is 2. The summed E-state index contributed by atoms with van der Waals surface area (Å²) < 4.78 is 0. The largest absolute Gasteiger partial charge is 0.356 e. The van der Waals surface area contributed by atoms with Crippen molar-refractivity contribution in [2.45, 2.75) is 77.8 Å². The van der Waals surface area contributed by atoms with E-state index in [1.807, 2.05) is 21.9 Å². The van der Waals surface area contributed by atoms with Gasteiger partial charge in [-0.25, -0.2) is 0 Å². The van der Waals surface area contributed by atoms with Crippen LogP contribution in [-0.4, -0.2) is 65.4 Å². The average Bonchev–Trinajstić information content (AvgIpc) is 3.18. The van der Waals surface area contributed by atoms with Gasteiger partial charge < -0.3 is 19.7 Å². The van der Waals surface area contributed by atoms with Gasteiger partial charge in [-0.2, -0.15) is 0 Å². The Balaban J connectivity index is 1.48. The Morgan fingerprint density at radius 2 is 1.70 bits per heavy atom. The first-order valence-electron chi connectivity index (χ1n) is 12.9. The molecule has 0 unspecified atom stereocenters. The highest BCUT2D eigenvalue weighted by molar-refractivity contribution is 5.97. The molecule has 1 aromatic heterocycles. The second-order valence-electron chi connectivity index (χ2n) is 10.4. The zero-order valence-corrected chi connectivity index (χ0v) is 20.9. The standard InChI is InChI=1S/C27H40N4O2/c1-5-7-14-29(15-8-6-2)16-11-17-30-19-24(32)31-23(26(30)33)18-21-20-12-9-10-13-22(20)28-25(21)27(31,3)4/h9-10,12-13,23,28H,5-8,11,14-19H2,1-4H3/p+1/t23-/m0/s1. The molecule has 6 heteroatoms. The predicted molar refractivity (Wildman–Crippen MR) is 132 cm³/mol. The minimum absolute atomic E-state index is 0.0649. The molecule has 4 rings (SSSR count). The summed E-state index contributed by atoms with van der Waals surface area (Å²) in [5, 5.41) is 1.17. The number of fused-ring (bicyclic) bond motifs is 4. The second-order valence-corrected chi connectivity index (χ2v) is 10.4. The van der Waals surface area contributed by atoms with E-state index in [0.29, 0.717) is 13.0 Å². The molecule has 1 fully saturated rings. The van der Waals surface area contributed by atoms with Crippen LogP contribution in [0.25, 0.3) is 10.9 Å². The lowest BCUT2D eigenvalue weighted by Gasteiger charge is -2.51. The first kappa shape index (κ1) is 23.8. The molecule has 2 N–H and O–H groups in total. The van der Waals surface area contributed by atoms with Gasteiger partial charge in [0.2, 0.25) is 11.8 Å². The Kier molecular flexibility index (Phi) is 7.13. The first-order valence-corrected chi connectivity index (χ1v) is 12.9. The summed E-state index contributed by atoms with van der Waals surface area (Å²) in [6.45, 7) is 13.0. The van der Waals surface area contributed by atoms with Crippen LogP contribution in [0.4, 0.5) is 0 Å². The average molecular weight is 454 g/mol. The number of nitrogens with one attached hydrogen (secondary N) is 2.